The molecule has 0 atom stereocenters. The van der Waals surface area contributed by atoms with Gasteiger partial charge in [-0.1, -0.05) is 33.0 Å². The van der Waals surface area contributed by atoms with Gasteiger partial charge < -0.3 is 4.90 Å². The Kier molecular flexibility index (Phi) is 3.87. The number of hydrogen-bond donors (Lipinski definition) is 0. The molecule has 0 rings (SSSR count). The van der Waals surface area contributed by atoms with Gasteiger partial charge in [-0.25, -0.2) is 0 Å². The van der Waals surface area contributed by atoms with Gasteiger partial charge in [0.1, 0.15) is 5.49 Å². The molecule has 0 amide bonds. The second-order valence-corrected chi connectivity index (χ2v) is 3.85. The van der Waals surface area contributed by atoms with Crippen molar-refractivity contribution in [2.24, 2.45) is 5.41 Å². The molecule has 1 nitrogen and oxygen atoms in total. The molecule has 0 N–H and O–H groups in total. The second kappa shape index (κ2) is 3.91. The maximum atomic E-state index is 4.72. The van der Waals surface area contributed by atoms with Crippen LogP contribution in [0, 0.1) is 5.41 Å². The molecule has 0 aromatic heterocycles. The van der Waals surface area contributed by atoms with Gasteiger partial charge in [0.05, 0.1) is 0 Å². The Morgan fingerprint density at radius 3 is 2.00 bits per heavy atom. The highest BCUT2D eigenvalue weighted by Crippen LogP contribution is 2.13. The maximum absolute atomic E-state index is 4.72. The van der Waals surface area contributed by atoms with E-state index in [0.717, 1.165) is 13.1 Å². The minimum Gasteiger partial charge on any atom is -0.360 e. The number of hydrogen-bond acceptors (Lipinski definition) is 1. The monoisotopic (exact) mass is 158 g/mol. The number of rotatable bonds is 3. The third-order valence-electron chi connectivity index (χ3n) is 1.18. The van der Waals surface area contributed by atoms with E-state index in [0.29, 0.717) is 5.41 Å². The Hall–Kier alpha value is -0.110. The zero-order chi connectivity index (χ0) is 8.20. The molecule has 0 bridgehead atoms. The quantitative estimate of drug-likeness (QED) is 0.457. The lowest BCUT2D eigenvalue weighted by Crippen LogP contribution is -2.30. The van der Waals surface area contributed by atoms with Gasteiger partial charge in [-0.2, -0.15) is 0 Å². The summed E-state index contributed by atoms with van der Waals surface area (Å²) in [4.78, 5) is 2.02. The molecular weight excluding hydrogens is 142 g/mol. The smallest absolute Gasteiger partial charge is 0.136 e. The third-order valence-corrected chi connectivity index (χ3v) is 1.43. The molecule has 0 aliphatic rings. The maximum Gasteiger partial charge on any atom is 0.136 e. The standard InChI is InChI=1S/C8H16NS/c1-5-9(7-10)6-8(2,3)4/h5-6H2,1-4H3. The van der Waals surface area contributed by atoms with E-state index in [-0.39, 0.29) is 0 Å². The zero-order valence-electron chi connectivity index (χ0n) is 7.27. The van der Waals surface area contributed by atoms with Crippen LogP contribution in [0.4, 0.5) is 0 Å². The topological polar surface area (TPSA) is 3.24 Å². The first-order chi connectivity index (χ1) is 4.49. The molecule has 0 aromatic rings. The van der Waals surface area contributed by atoms with Gasteiger partial charge in [-0.3, -0.25) is 0 Å². The van der Waals surface area contributed by atoms with Gasteiger partial charge in [-0.15, -0.1) is 0 Å². The van der Waals surface area contributed by atoms with Crippen molar-refractivity contribution in [1.82, 2.24) is 4.90 Å². The Balaban J connectivity index is 3.74. The van der Waals surface area contributed by atoms with E-state index in [1.807, 2.05) is 4.90 Å². The molecule has 1 radical (unpaired) electrons. The second-order valence-electron chi connectivity index (χ2n) is 3.67. The van der Waals surface area contributed by atoms with Crippen LogP contribution in [0.3, 0.4) is 0 Å². The highest BCUT2D eigenvalue weighted by atomic mass is 32.1. The van der Waals surface area contributed by atoms with E-state index in [1.165, 1.54) is 0 Å². The van der Waals surface area contributed by atoms with Crippen molar-refractivity contribution in [3.05, 3.63) is 0 Å². The lowest BCUT2D eigenvalue weighted by atomic mass is 9.96. The molecule has 0 unspecified atom stereocenters. The van der Waals surface area contributed by atoms with E-state index in [9.17, 15) is 0 Å². The van der Waals surface area contributed by atoms with Crippen LogP contribution in [0.1, 0.15) is 27.7 Å². The van der Waals surface area contributed by atoms with E-state index in [1.54, 1.807) is 0 Å². The Bertz CT molecular complexity index is 104. The van der Waals surface area contributed by atoms with Crippen LogP contribution in [0.15, 0.2) is 0 Å². The summed E-state index contributed by atoms with van der Waals surface area (Å²) in [5.74, 6) is 0. The van der Waals surface area contributed by atoms with Crippen molar-refractivity contribution in [3.8, 4) is 0 Å². The van der Waals surface area contributed by atoms with E-state index in [4.69, 9.17) is 12.2 Å². The third kappa shape index (κ3) is 4.74. The Morgan fingerprint density at radius 2 is 1.90 bits per heavy atom. The summed E-state index contributed by atoms with van der Waals surface area (Å²) in [6.45, 7) is 10.6. The summed E-state index contributed by atoms with van der Waals surface area (Å²) < 4.78 is 0. The normalized spacial score (nSPS) is 11.2. The molecule has 0 fully saturated rings. The Labute approximate surface area is 69.4 Å². The molecule has 0 spiro atoms. The first-order valence-electron chi connectivity index (χ1n) is 3.62. The molecule has 2 heteroatoms. The first kappa shape index (κ1) is 9.89. The highest BCUT2D eigenvalue weighted by molar-refractivity contribution is 7.78. The molecule has 0 aromatic carbocycles. The summed E-state index contributed by atoms with van der Waals surface area (Å²) in [6, 6.07) is 0. The number of thiocarbonyl (C=S) groups is 1. The van der Waals surface area contributed by atoms with Crippen LogP contribution < -0.4 is 0 Å². The van der Waals surface area contributed by atoms with E-state index in [2.05, 4.69) is 33.2 Å². The predicted octanol–water partition coefficient (Wildman–Crippen LogP) is 2.19. The van der Waals surface area contributed by atoms with Crippen LogP contribution in [0.5, 0.6) is 0 Å². The Morgan fingerprint density at radius 1 is 1.40 bits per heavy atom. The summed E-state index contributed by atoms with van der Waals surface area (Å²) in [7, 11) is 0. The predicted molar refractivity (Wildman–Crippen MR) is 49.3 cm³/mol. The summed E-state index contributed by atoms with van der Waals surface area (Å²) in [5, 5.41) is 0. The van der Waals surface area contributed by atoms with Crippen molar-refractivity contribution in [2.75, 3.05) is 13.1 Å². The van der Waals surface area contributed by atoms with Crippen LogP contribution in [-0.2, 0) is 0 Å². The SMILES string of the molecule is CCN([C]=S)CC(C)(C)C. The molecule has 59 valence electrons. The van der Waals surface area contributed by atoms with Gasteiger partial charge in [0.15, 0.2) is 0 Å². The molecule has 0 aliphatic heterocycles. The molecule has 10 heavy (non-hydrogen) atoms. The summed E-state index contributed by atoms with van der Waals surface area (Å²) in [6.07, 6.45) is 0. The summed E-state index contributed by atoms with van der Waals surface area (Å²) in [5.41, 5.74) is 3.05. The van der Waals surface area contributed by atoms with Crippen molar-refractivity contribution >= 4 is 17.7 Å². The van der Waals surface area contributed by atoms with Crippen LogP contribution in [-0.4, -0.2) is 23.5 Å². The van der Waals surface area contributed by atoms with Gasteiger partial charge in [0, 0.05) is 13.1 Å². The van der Waals surface area contributed by atoms with Crippen LogP contribution in [0.2, 0.25) is 0 Å². The molecule has 0 aliphatic carbocycles. The van der Waals surface area contributed by atoms with Crippen LogP contribution in [0.25, 0.3) is 0 Å². The van der Waals surface area contributed by atoms with Crippen molar-refractivity contribution in [1.29, 1.82) is 0 Å². The van der Waals surface area contributed by atoms with Crippen LogP contribution >= 0.6 is 12.2 Å². The van der Waals surface area contributed by atoms with Gasteiger partial charge in [-0.05, 0) is 12.3 Å². The first-order valence-corrected chi connectivity index (χ1v) is 4.03. The number of nitrogens with zero attached hydrogens (tertiary/aromatic N) is 1. The lowest BCUT2D eigenvalue weighted by molar-refractivity contribution is 0.291. The molecule has 0 saturated heterocycles. The largest absolute Gasteiger partial charge is 0.360 e. The minimum atomic E-state index is 0.321. The fraction of sp³-hybridized carbons (Fsp3) is 0.875. The van der Waals surface area contributed by atoms with Crippen molar-refractivity contribution in [2.45, 2.75) is 27.7 Å². The minimum absolute atomic E-state index is 0.321. The fourth-order valence-electron chi connectivity index (χ4n) is 0.781. The molecule has 0 saturated carbocycles. The van der Waals surface area contributed by atoms with E-state index >= 15 is 0 Å². The highest BCUT2D eigenvalue weighted by Gasteiger charge is 2.12. The fourth-order valence-corrected chi connectivity index (χ4v) is 0.975. The molecule has 0 heterocycles. The average molecular weight is 158 g/mol. The molecular formula is C8H16NS. The summed E-state index contributed by atoms with van der Waals surface area (Å²) >= 11 is 4.72. The van der Waals surface area contributed by atoms with Crippen molar-refractivity contribution in [3.63, 3.8) is 0 Å². The van der Waals surface area contributed by atoms with E-state index < -0.39 is 0 Å². The van der Waals surface area contributed by atoms with Gasteiger partial charge in [0.25, 0.3) is 0 Å². The zero-order valence-corrected chi connectivity index (χ0v) is 8.09. The van der Waals surface area contributed by atoms with Gasteiger partial charge in [0.2, 0.25) is 0 Å². The average Bonchev–Trinajstić information content (AvgIpc) is 1.81. The van der Waals surface area contributed by atoms with Gasteiger partial charge >= 0.3 is 0 Å². The lowest BCUT2D eigenvalue weighted by Gasteiger charge is -2.25. The van der Waals surface area contributed by atoms with Crippen molar-refractivity contribution < 1.29 is 0 Å².